The second kappa shape index (κ2) is 8.65. The predicted octanol–water partition coefficient (Wildman–Crippen LogP) is 3.38. The van der Waals surface area contributed by atoms with Gasteiger partial charge in [0.2, 0.25) is 11.9 Å². The molecule has 0 amide bonds. The van der Waals surface area contributed by atoms with Gasteiger partial charge in [-0.05, 0) is 23.8 Å². The lowest BCUT2D eigenvalue weighted by Crippen LogP contribution is -2.10. The molecule has 5 rings (SSSR count). The van der Waals surface area contributed by atoms with E-state index < -0.39 is 6.04 Å². The Kier molecular flexibility index (Phi) is 5.23. The number of hydrogen-bond donors (Lipinski definition) is 2. The number of aromatic nitrogens is 6. The number of hydrogen-bond acceptors (Lipinski definition) is 9. The Morgan fingerprint density at radius 2 is 1.85 bits per heavy atom. The summed E-state index contributed by atoms with van der Waals surface area (Å²) >= 11 is 0. The van der Waals surface area contributed by atoms with Gasteiger partial charge in [-0.3, -0.25) is 0 Å². The van der Waals surface area contributed by atoms with Gasteiger partial charge in [-0.1, -0.05) is 42.5 Å². The second-order valence-corrected chi connectivity index (χ2v) is 7.27. The van der Waals surface area contributed by atoms with Crippen LogP contribution in [0.2, 0.25) is 0 Å². The molecule has 3 N–H and O–H groups in total. The predicted molar refractivity (Wildman–Crippen MR) is 125 cm³/mol. The summed E-state index contributed by atoms with van der Waals surface area (Å²) in [5, 5.41) is 26.5. The maximum absolute atomic E-state index is 9.69. The van der Waals surface area contributed by atoms with E-state index in [0.717, 1.165) is 5.56 Å². The van der Waals surface area contributed by atoms with Gasteiger partial charge in [0.15, 0.2) is 5.65 Å². The van der Waals surface area contributed by atoms with Crippen molar-refractivity contribution in [1.29, 1.82) is 10.5 Å². The van der Waals surface area contributed by atoms with Crippen molar-refractivity contribution >= 4 is 17.5 Å². The van der Waals surface area contributed by atoms with E-state index in [0.29, 0.717) is 33.7 Å². The van der Waals surface area contributed by atoms with Crippen LogP contribution in [-0.4, -0.2) is 29.5 Å². The zero-order chi connectivity index (χ0) is 23.5. The van der Waals surface area contributed by atoms with Crippen molar-refractivity contribution in [3.63, 3.8) is 0 Å². The first kappa shape index (κ1) is 20.5. The summed E-state index contributed by atoms with van der Waals surface area (Å²) in [5.41, 5.74) is 10.2. The zero-order valence-electron chi connectivity index (χ0n) is 17.7. The SMILES string of the molecule is N#Cc1cccc(-c2nc(N)n3nc(NC(C#N)c4ccccc4)nc3c2-c2ccncn2)c1. The Labute approximate surface area is 194 Å². The van der Waals surface area contributed by atoms with Crippen molar-refractivity contribution in [3.8, 4) is 34.7 Å². The highest BCUT2D eigenvalue weighted by Crippen LogP contribution is 2.34. The molecule has 1 atom stereocenters. The first-order valence-corrected chi connectivity index (χ1v) is 10.2. The molecular formula is C24H16N10. The minimum absolute atomic E-state index is 0.0962. The van der Waals surface area contributed by atoms with Crippen LogP contribution in [0.3, 0.4) is 0 Å². The molecule has 10 heteroatoms. The van der Waals surface area contributed by atoms with Gasteiger partial charge >= 0.3 is 0 Å². The summed E-state index contributed by atoms with van der Waals surface area (Å²) in [6, 6.07) is 21.7. The van der Waals surface area contributed by atoms with Crippen molar-refractivity contribution in [2.75, 3.05) is 11.1 Å². The fraction of sp³-hybridized carbons (Fsp3) is 0.0417. The largest absolute Gasteiger partial charge is 0.368 e. The van der Waals surface area contributed by atoms with Gasteiger partial charge in [-0.15, -0.1) is 5.10 Å². The van der Waals surface area contributed by atoms with Crippen molar-refractivity contribution in [2.45, 2.75) is 6.04 Å². The highest BCUT2D eigenvalue weighted by atomic mass is 15.4. The van der Waals surface area contributed by atoms with Gasteiger partial charge in [0.25, 0.3) is 0 Å². The van der Waals surface area contributed by atoms with Crippen molar-refractivity contribution in [2.24, 2.45) is 0 Å². The molecule has 5 aromatic rings. The lowest BCUT2D eigenvalue weighted by Gasteiger charge is -2.11. The molecule has 3 heterocycles. The quantitative estimate of drug-likeness (QED) is 0.415. The Morgan fingerprint density at radius 1 is 1.00 bits per heavy atom. The van der Waals surface area contributed by atoms with E-state index in [1.807, 2.05) is 36.4 Å². The summed E-state index contributed by atoms with van der Waals surface area (Å²) in [6.45, 7) is 0. The Morgan fingerprint density at radius 3 is 2.59 bits per heavy atom. The van der Waals surface area contributed by atoms with E-state index in [1.54, 1.807) is 30.5 Å². The van der Waals surface area contributed by atoms with Gasteiger partial charge in [0.05, 0.1) is 34.7 Å². The van der Waals surface area contributed by atoms with Crippen molar-refractivity contribution in [1.82, 2.24) is 29.5 Å². The molecule has 0 aliphatic rings. The first-order chi connectivity index (χ1) is 16.7. The normalized spacial score (nSPS) is 11.5. The van der Waals surface area contributed by atoms with Crippen molar-refractivity contribution in [3.05, 3.63) is 84.3 Å². The second-order valence-electron chi connectivity index (χ2n) is 7.27. The molecule has 0 aliphatic heterocycles. The Balaban J connectivity index is 1.70. The number of nitrogens with zero attached hydrogens (tertiary/aromatic N) is 8. The summed E-state index contributed by atoms with van der Waals surface area (Å²) in [6.07, 6.45) is 3.04. The molecule has 0 saturated heterocycles. The fourth-order valence-corrected chi connectivity index (χ4v) is 3.60. The van der Waals surface area contributed by atoms with Crippen LogP contribution >= 0.6 is 0 Å². The number of nitriles is 2. The molecule has 0 spiro atoms. The van der Waals surface area contributed by atoms with E-state index in [2.05, 4.69) is 42.5 Å². The van der Waals surface area contributed by atoms with Gasteiger partial charge in [0.1, 0.15) is 12.4 Å². The number of nitrogen functional groups attached to an aromatic ring is 1. The number of anilines is 2. The maximum Gasteiger partial charge on any atom is 0.244 e. The Hall–Kier alpha value is -5.35. The number of benzene rings is 2. The van der Waals surface area contributed by atoms with E-state index in [1.165, 1.54) is 10.8 Å². The molecule has 0 saturated carbocycles. The standard InChI is InChI=1S/C24H16N10/c25-12-15-5-4-8-17(11-15)21-20(18-9-10-28-14-29-18)22-32-24(33-34(22)23(27)31-21)30-19(13-26)16-6-2-1-3-7-16/h1-11,14,19H,(H2,27,31)(H,30,33). The maximum atomic E-state index is 9.69. The van der Waals surface area contributed by atoms with Gasteiger partial charge in [-0.25, -0.2) is 15.0 Å². The third-order valence-corrected chi connectivity index (χ3v) is 5.15. The highest BCUT2D eigenvalue weighted by molar-refractivity contribution is 5.89. The minimum Gasteiger partial charge on any atom is -0.368 e. The molecule has 2 aromatic carbocycles. The summed E-state index contributed by atoms with van der Waals surface area (Å²) in [7, 11) is 0. The fourth-order valence-electron chi connectivity index (χ4n) is 3.60. The molecule has 0 aliphatic carbocycles. The number of nitrogens with two attached hydrogens (primary N) is 1. The van der Waals surface area contributed by atoms with Crippen molar-refractivity contribution < 1.29 is 0 Å². The third kappa shape index (κ3) is 3.72. The van der Waals surface area contributed by atoms with Crippen LogP contribution in [0.5, 0.6) is 0 Å². The molecule has 1 unspecified atom stereocenters. The van der Waals surface area contributed by atoms with Crippen LogP contribution < -0.4 is 11.1 Å². The molecule has 0 bridgehead atoms. The molecule has 162 valence electrons. The molecule has 34 heavy (non-hydrogen) atoms. The van der Waals surface area contributed by atoms with E-state index in [4.69, 9.17) is 5.73 Å². The van der Waals surface area contributed by atoms with Crippen LogP contribution in [0.25, 0.3) is 28.2 Å². The smallest absolute Gasteiger partial charge is 0.244 e. The topological polar surface area (TPSA) is 154 Å². The van der Waals surface area contributed by atoms with E-state index in [9.17, 15) is 10.5 Å². The van der Waals surface area contributed by atoms with Crippen LogP contribution in [0.1, 0.15) is 17.2 Å². The van der Waals surface area contributed by atoms with Crippen LogP contribution in [0, 0.1) is 22.7 Å². The van der Waals surface area contributed by atoms with Crippen LogP contribution in [-0.2, 0) is 0 Å². The highest BCUT2D eigenvalue weighted by Gasteiger charge is 2.22. The molecule has 10 nitrogen and oxygen atoms in total. The van der Waals surface area contributed by atoms with Gasteiger partial charge in [-0.2, -0.15) is 20.0 Å². The first-order valence-electron chi connectivity index (χ1n) is 10.2. The summed E-state index contributed by atoms with van der Waals surface area (Å²) < 4.78 is 1.40. The van der Waals surface area contributed by atoms with E-state index in [-0.39, 0.29) is 11.9 Å². The summed E-state index contributed by atoms with van der Waals surface area (Å²) in [5.74, 6) is 0.307. The monoisotopic (exact) mass is 444 g/mol. The van der Waals surface area contributed by atoms with Gasteiger partial charge < -0.3 is 11.1 Å². The van der Waals surface area contributed by atoms with E-state index >= 15 is 0 Å². The lowest BCUT2D eigenvalue weighted by molar-refractivity contribution is 0.912. The number of fused-ring (bicyclic) bond motifs is 1. The molecule has 0 fully saturated rings. The van der Waals surface area contributed by atoms with Crippen LogP contribution in [0.4, 0.5) is 11.9 Å². The zero-order valence-corrected chi connectivity index (χ0v) is 17.7. The minimum atomic E-state index is -0.665. The molecule has 0 radical (unpaired) electrons. The number of rotatable bonds is 5. The average molecular weight is 444 g/mol. The van der Waals surface area contributed by atoms with Crippen LogP contribution in [0.15, 0.2) is 73.2 Å². The van der Waals surface area contributed by atoms with Gasteiger partial charge in [0, 0.05) is 11.8 Å². The lowest BCUT2D eigenvalue weighted by atomic mass is 10.0. The third-order valence-electron chi connectivity index (χ3n) is 5.15. The number of nitrogens with one attached hydrogen (secondary N) is 1. The molecular weight excluding hydrogens is 428 g/mol. The summed E-state index contributed by atoms with van der Waals surface area (Å²) in [4.78, 5) is 17.6. The Bertz CT molecular complexity index is 1560. The average Bonchev–Trinajstić information content (AvgIpc) is 3.32. The molecule has 3 aromatic heterocycles.